The SMILES string of the molecule is Cc1nc(-c2ccccc2)nc(N2CCN(C(=O)Nc3cccc4ccccc34)CC2)c1C(C)C. The zero-order valence-electron chi connectivity index (χ0n) is 20.5. The molecule has 0 atom stereocenters. The van der Waals surface area contributed by atoms with Crippen LogP contribution in [0, 0.1) is 6.92 Å². The van der Waals surface area contributed by atoms with Crippen LogP contribution in [0.4, 0.5) is 16.3 Å². The second kappa shape index (κ2) is 9.74. The van der Waals surface area contributed by atoms with Crippen molar-refractivity contribution in [1.29, 1.82) is 0 Å². The number of nitrogens with one attached hydrogen (secondary N) is 1. The van der Waals surface area contributed by atoms with Gasteiger partial charge in [-0.25, -0.2) is 14.8 Å². The first-order chi connectivity index (χ1) is 17.0. The van der Waals surface area contributed by atoms with Gasteiger partial charge in [-0.15, -0.1) is 0 Å². The fourth-order valence-electron chi connectivity index (χ4n) is 4.85. The van der Waals surface area contributed by atoms with Crippen molar-refractivity contribution < 1.29 is 4.79 Å². The van der Waals surface area contributed by atoms with Crippen LogP contribution in [0.25, 0.3) is 22.2 Å². The molecule has 1 aromatic heterocycles. The molecule has 0 aliphatic carbocycles. The molecule has 1 aliphatic rings. The Morgan fingerprint density at radius 1 is 0.857 bits per heavy atom. The maximum absolute atomic E-state index is 13.1. The van der Waals surface area contributed by atoms with Crippen LogP contribution < -0.4 is 10.2 Å². The minimum Gasteiger partial charge on any atom is -0.353 e. The van der Waals surface area contributed by atoms with Crippen molar-refractivity contribution in [1.82, 2.24) is 14.9 Å². The van der Waals surface area contributed by atoms with E-state index >= 15 is 0 Å². The summed E-state index contributed by atoms with van der Waals surface area (Å²) in [5.41, 5.74) is 4.05. The van der Waals surface area contributed by atoms with E-state index in [9.17, 15) is 4.79 Å². The minimum absolute atomic E-state index is 0.0612. The summed E-state index contributed by atoms with van der Waals surface area (Å²) in [7, 11) is 0. The van der Waals surface area contributed by atoms with Gasteiger partial charge in [0.25, 0.3) is 0 Å². The average Bonchev–Trinajstić information content (AvgIpc) is 2.89. The summed E-state index contributed by atoms with van der Waals surface area (Å²) in [6, 6.07) is 24.2. The third-order valence-corrected chi connectivity index (χ3v) is 6.62. The molecule has 2 amide bonds. The van der Waals surface area contributed by atoms with Crippen LogP contribution in [0.15, 0.2) is 72.8 Å². The minimum atomic E-state index is -0.0612. The van der Waals surface area contributed by atoms with Gasteiger partial charge < -0.3 is 15.1 Å². The molecule has 1 aliphatic heterocycles. The lowest BCUT2D eigenvalue weighted by atomic mass is 10.0. The van der Waals surface area contributed by atoms with E-state index in [4.69, 9.17) is 9.97 Å². The lowest BCUT2D eigenvalue weighted by molar-refractivity contribution is 0.208. The summed E-state index contributed by atoms with van der Waals surface area (Å²) in [6.07, 6.45) is 0. The molecule has 3 aromatic carbocycles. The molecule has 0 unspecified atom stereocenters. The normalized spacial score (nSPS) is 13.9. The number of benzene rings is 3. The maximum atomic E-state index is 13.1. The highest BCUT2D eigenvalue weighted by atomic mass is 16.2. The van der Waals surface area contributed by atoms with Crippen molar-refractivity contribution in [2.24, 2.45) is 0 Å². The van der Waals surface area contributed by atoms with Crippen molar-refractivity contribution >= 4 is 28.3 Å². The second-order valence-corrected chi connectivity index (χ2v) is 9.32. The van der Waals surface area contributed by atoms with Crippen LogP contribution in [0.2, 0.25) is 0 Å². The number of aryl methyl sites for hydroxylation is 1. The number of piperazine rings is 1. The molecule has 1 fully saturated rings. The first kappa shape index (κ1) is 22.8. The molecule has 178 valence electrons. The zero-order chi connectivity index (χ0) is 24.4. The number of anilines is 2. The largest absolute Gasteiger partial charge is 0.353 e. The highest BCUT2D eigenvalue weighted by Gasteiger charge is 2.26. The van der Waals surface area contributed by atoms with E-state index < -0.39 is 0 Å². The zero-order valence-corrected chi connectivity index (χ0v) is 20.5. The van der Waals surface area contributed by atoms with Crippen LogP contribution in [-0.2, 0) is 0 Å². The summed E-state index contributed by atoms with van der Waals surface area (Å²) in [5, 5.41) is 5.29. The monoisotopic (exact) mass is 465 g/mol. The number of nitrogens with zero attached hydrogens (tertiary/aromatic N) is 4. The molecule has 35 heavy (non-hydrogen) atoms. The first-order valence-corrected chi connectivity index (χ1v) is 12.2. The van der Waals surface area contributed by atoms with Crippen molar-refractivity contribution in [2.45, 2.75) is 26.7 Å². The number of carbonyl (C=O) groups excluding carboxylic acids is 1. The highest BCUT2D eigenvalue weighted by Crippen LogP contribution is 2.31. The van der Waals surface area contributed by atoms with E-state index in [0.29, 0.717) is 19.0 Å². The molecule has 1 N–H and O–H groups in total. The van der Waals surface area contributed by atoms with Crippen molar-refractivity contribution in [3.05, 3.63) is 84.1 Å². The van der Waals surface area contributed by atoms with Crippen molar-refractivity contribution in [2.75, 3.05) is 36.4 Å². The van der Waals surface area contributed by atoms with Gasteiger partial charge in [0.05, 0.1) is 5.69 Å². The van der Waals surface area contributed by atoms with Gasteiger partial charge in [0.2, 0.25) is 0 Å². The quantitative estimate of drug-likeness (QED) is 0.397. The van der Waals surface area contributed by atoms with Gasteiger partial charge in [0.1, 0.15) is 5.82 Å². The molecule has 0 radical (unpaired) electrons. The molecule has 0 bridgehead atoms. The summed E-state index contributed by atoms with van der Waals surface area (Å²) >= 11 is 0. The average molecular weight is 466 g/mol. The number of aromatic nitrogens is 2. The molecule has 0 spiro atoms. The Bertz CT molecular complexity index is 1340. The fraction of sp³-hybridized carbons (Fsp3) is 0.276. The molecule has 1 saturated heterocycles. The van der Waals surface area contributed by atoms with Crippen LogP contribution in [0.5, 0.6) is 0 Å². The Morgan fingerprint density at radius 3 is 2.29 bits per heavy atom. The Morgan fingerprint density at radius 2 is 1.54 bits per heavy atom. The molecule has 6 heteroatoms. The highest BCUT2D eigenvalue weighted by molar-refractivity contribution is 6.01. The van der Waals surface area contributed by atoms with E-state index in [1.54, 1.807) is 0 Å². The molecular formula is C29H31N5O. The Labute approximate surface area is 206 Å². The molecule has 0 saturated carbocycles. The molecule has 2 heterocycles. The van der Waals surface area contributed by atoms with Crippen molar-refractivity contribution in [3.63, 3.8) is 0 Å². The van der Waals surface area contributed by atoms with E-state index in [1.165, 1.54) is 5.56 Å². The molecular weight excluding hydrogens is 434 g/mol. The van der Waals surface area contributed by atoms with Gasteiger partial charge in [-0.1, -0.05) is 80.6 Å². The number of urea groups is 1. The predicted octanol–water partition coefficient (Wildman–Crippen LogP) is 6.08. The van der Waals surface area contributed by atoms with Crippen LogP contribution >= 0.6 is 0 Å². The summed E-state index contributed by atoms with van der Waals surface area (Å²) in [6.45, 7) is 9.17. The number of carbonyl (C=O) groups is 1. The molecule has 4 aromatic rings. The number of hydrogen-bond donors (Lipinski definition) is 1. The Hall–Kier alpha value is -3.93. The maximum Gasteiger partial charge on any atom is 0.321 e. The van der Waals surface area contributed by atoms with Crippen LogP contribution in [0.1, 0.15) is 31.0 Å². The number of rotatable bonds is 4. The summed E-state index contributed by atoms with van der Waals surface area (Å²) in [5.74, 6) is 2.04. The first-order valence-electron chi connectivity index (χ1n) is 12.2. The number of amides is 2. The lowest BCUT2D eigenvalue weighted by Gasteiger charge is -2.37. The Balaban J connectivity index is 1.34. The molecule has 5 rings (SSSR count). The van der Waals surface area contributed by atoms with Crippen LogP contribution in [0.3, 0.4) is 0 Å². The lowest BCUT2D eigenvalue weighted by Crippen LogP contribution is -2.50. The third kappa shape index (κ3) is 4.69. The van der Waals surface area contributed by atoms with Gasteiger partial charge in [-0.2, -0.15) is 0 Å². The Kier molecular flexibility index (Phi) is 6.36. The van der Waals surface area contributed by atoms with Gasteiger partial charge in [0.15, 0.2) is 5.82 Å². The summed E-state index contributed by atoms with van der Waals surface area (Å²) < 4.78 is 0. The predicted molar refractivity (Wildman–Crippen MR) is 143 cm³/mol. The number of fused-ring (bicyclic) bond motifs is 1. The van der Waals surface area contributed by atoms with E-state index in [0.717, 1.165) is 52.4 Å². The van der Waals surface area contributed by atoms with E-state index in [-0.39, 0.29) is 6.03 Å². The van der Waals surface area contributed by atoms with Gasteiger partial charge in [-0.3, -0.25) is 0 Å². The molecule has 6 nitrogen and oxygen atoms in total. The third-order valence-electron chi connectivity index (χ3n) is 6.62. The summed E-state index contributed by atoms with van der Waals surface area (Å²) in [4.78, 5) is 27.1. The van der Waals surface area contributed by atoms with Crippen molar-refractivity contribution in [3.8, 4) is 11.4 Å². The van der Waals surface area contributed by atoms with Crippen LogP contribution in [-0.4, -0.2) is 47.1 Å². The standard InChI is InChI=1S/C29H31N5O/c1-20(2)26-21(3)30-27(23-11-5-4-6-12-23)32-28(26)33-16-18-34(19-17-33)29(35)31-25-15-9-13-22-10-7-8-14-24(22)25/h4-15,20H,16-19H2,1-3H3,(H,31,35). The van der Waals surface area contributed by atoms with Gasteiger partial charge in [-0.05, 0) is 24.3 Å². The smallest absolute Gasteiger partial charge is 0.321 e. The fourth-order valence-corrected chi connectivity index (χ4v) is 4.85. The van der Waals surface area contributed by atoms with E-state index in [2.05, 4.69) is 43.1 Å². The topological polar surface area (TPSA) is 61.4 Å². The number of hydrogen-bond acceptors (Lipinski definition) is 4. The van der Waals surface area contributed by atoms with E-state index in [1.807, 2.05) is 65.6 Å². The van der Waals surface area contributed by atoms with Gasteiger partial charge >= 0.3 is 6.03 Å². The van der Waals surface area contributed by atoms with Gasteiger partial charge in [0, 0.05) is 48.4 Å². The second-order valence-electron chi connectivity index (χ2n) is 9.32.